The van der Waals surface area contributed by atoms with Crippen molar-refractivity contribution in [1.82, 2.24) is 10.2 Å². The van der Waals surface area contributed by atoms with E-state index in [1.165, 1.54) is 0 Å². The standard InChI is InChI=1S/C12H18N2O3/c1-3-5-7-13-11(17)14-8-6-12(4-2,9-14)10(15)16/h1H,4-9H2,2H3,(H,13,17)(H,15,16). The van der Waals surface area contributed by atoms with Gasteiger partial charge in [-0.1, -0.05) is 6.92 Å². The van der Waals surface area contributed by atoms with Gasteiger partial charge >= 0.3 is 12.0 Å². The van der Waals surface area contributed by atoms with Crippen LogP contribution in [0.1, 0.15) is 26.2 Å². The number of nitrogens with one attached hydrogen (secondary N) is 1. The van der Waals surface area contributed by atoms with Gasteiger partial charge in [-0.3, -0.25) is 4.79 Å². The number of likely N-dealkylation sites (tertiary alicyclic amines) is 1. The molecule has 1 aliphatic heterocycles. The van der Waals surface area contributed by atoms with Gasteiger partial charge in [0.1, 0.15) is 0 Å². The maximum atomic E-state index is 11.7. The predicted molar refractivity (Wildman–Crippen MR) is 63.4 cm³/mol. The highest BCUT2D eigenvalue weighted by molar-refractivity contribution is 5.79. The lowest BCUT2D eigenvalue weighted by molar-refractivity contribution is -0.148. The van der Waals surface area contributed by atoms with Crippen LogP contribution >= 0.6 is 0 Å². The van der Waals surface area contributed by atoms with Crippen molar-refractivity contribution in [2.45, 2.75) is 26.2 Å². The first-order valence-corrected chi connectivity index (χ1v) is 5.75. The van der Waals surface area contributed by atoms with Crippen LogP contribution in [0, 0.1) is 17.8 Å². The predicted octanol–water partition coefficient (Wildman–Crippen LogP) is 0.906. The van der Waals surface area contributed by atoms with Crippen molar-refractivity contribution in [3.63, 3.8) is 0 Å². The molecule has 17 heavy (non-hydrogen) atoms. The molecule has 1 unspecified atom stereocenters. The Labute approximate surface area is 101 Å². The molecular weight excluding hydrogens is 220 g/mol. The van der Waals surface area contributed by atoms with E-state index in [2.05, 4.69) is 11.2 Å². The summed E-state index contributed by atoms with van der Waals surface area (Å²) in [5.41, 5.74) is -0.774. The van der Waals surface area contributed by atoms with Crippen LogP contribution in [-0.4, -0.2) is 41.6 Å². The zero-order valence-corrected chi connectivity index (χ0v) is 10.0. The Kier molecular flexibility index (Phi) is 4.38. The molecule has 0 aromatic carbocycles. The average Bonchev–Trinajstić information content (AvgIpc) is 2.75. The van der Waals surface area contributed by atoms with Crippen molar-refractivity contribution in [3.05, 3.63) is 0 Å². The maximum absolute atomic E-state index is 11.7. The van der Waals surface area contributed by atoms with Crippen LogP contribution in [0.15, 0.2) is 0 Å². The third-order valence-corrected chi connectivity index (χ3v) is 3.32. The van der Waals surface area contributed by atoms with E-state index < -0.39 is 11.4 Å². The molecule has 0 aromatic rings. The molecule has 1 saturated heterocycles. The lowest BCUT2D eigenvalue weighted by Gasteiger charge is -2.23. The van der Waals surface area contributed by atoms with Crippen molar-refractivity contribution >= 4 is 12.0 Å². The minimum atomic E-state index is -0.820. The summed E-state index contributed by atoms with van der Waals surface area (Å²) in [5, 5.41) is 11.9. The number of hydrogen-bond acceptors (Lipinski definition) is 2. The highest BCUT2D eigenvalue weighted by Gasteiger charge is 2.44. The number of carbonyl (C=O) groups excluding carboxylic acids is 1. The van der Waals surface area contributed by atoms with Crippen molar-refractivity contribution in [3.8, 4) is 12.3 Å². The van der Waals surface area contributed by atoms with Gasteiger partial charge in [-0.05, 0) is 12.8 Å². The minimum absolute atomic E-state index is 0.225. The van der Waals surface area contributed by atoms with E-state index in [0.717, 1.165) is 0 Å². The number of terminal acetylenes is 1. The van der Waals surface area contributed by atoms with Crippen molar-refractivity contribution in [2.24, 2.45) is 5.41 Å². The lowest BCUT2D eigenvalue weighted by atomic mass is 9.84. The van der Waals surface area contributed by atoms with E-state index >= 15 is 0 Å². The Balaban J connectivity index is 2.52. The summed E-state index contributed by atoms with van der Waals surface area (Å²) in [6, 6.07) is -0.225. The van der Waals surface area contributed by atoms with Gasteiger partial charge in [0.05, 0.1) is 5.41 Å². The third-order valence-electron chi connectivity index (χ3n) is 3.32. The second kappa shape index (κ2) is 5.58. The van der Waals surface area contributed by atoms with E-state index in [9.17, 15) is 14.7 Å². The lowest BCUT2D eigenvalue weighted by Crippen LogP contribution is -2.41. The topological polar surface area (TPSA) is 69.6 Å². The molecule has 0 radical (unpaired) electrons. The summed E-state index contributed by atoms with van der Waals surface area (Å²) >= 11 is 0. The minimum Gasteiger partial charge on any atom is -0.481 e. The van der Waals surface area contributed by atoms with Gasteiger partial charge in [0.2, 0.25) is 0 Å². The molecular formula is C12H18N2O3. The van der Waals surface area contributed by atoms with Crippen molar-refractivity contribution in [1.29, 1.82) is 0 Å². The molecule has 2 N–H and O–H groups in total. The number of carboxylic acid groups (broad SMARTS) is 1. The summed E-state index contributed by atoms with van der Waals surface area (Å²) in [5.74, 6) is 1.61. The molecule has 94 valence electrons. The highest BCUT2D eigenvalue weighted by Crippen LogP contribution is 2.34. The molecule has 0 saturated carbocycles. The molecule has 0 bridgehead atoms. The maximum Gasteiger partial charge on any atom is 0.317 e. The normalized spacial score (nSPS) is 23.2. The summed E-state index contributed by atoms with van der Waals surface area (Å²) in [4.78, 5) is 24.4. The van der Waals surface area contributed by atoms with Gasteiger partial charge in [-0.2, -0.15) is 0 Å². The van der Waals surface area contributed by atoms with Crippen molar-refractivity contribution in [2.75, 3.05) is 19.6 Å². The first-order valence-electron chi connectivity index (χ1n) is 5.75. The van der Waals surface area contributed by atoms with E-state index in [4.69, 9.17) is 6.42 Å². The Morgan fingerprint density at radius 3 is 2.76 bits per heavy atom. The van der Waals surface area contributed by atoms with E-state index in [-0.39, 0.29) is 12.6 Å². The van der Waals surface area contributed by atoms with Crippen LogP contribution in [0.5, 0.6) is 0 Å². The van der Waals surface area contributed by atoms with Crippen LogP contribution in [0.25, 0.3) is 0 Å². The van der Waals surface area contributed by atoms with E-state index in [1.54, 1.807) is 4.90 Å². The molecule has 1 rings (SSSR count). The van der Waals surface area contributed by atoms with Gasteiger partial charge in [-0.25, -0.2) is 4.79 Å². The summed E-state index contributed by atoms with van der Waals surface area (Å²) < 4.78 is 0. The molecule has 5 heteroatoms. The Morgan fingerprint density at radius 2 is 2.29 bits per heavy atom. The molecule has 5 nitrogen and oxygen atoms in total. The molecule has 0 aromatic heterocycles. The molecule has 1 heterocycles. The fourth-order valence-corrected chi connectivity index (χ4v) is 2.01. The fraction of sp³-hybridized carbons (Fsp3) is 0.667. The number of aliphatic carboxylic acids is 1. The number of amides is 2. The Hall–Kier alpha value is -1.70. The Bertz CT molecular complexity index is 348. The first kappa shape index (κ1) is 13.4. The third kappa shape index (κ3) is 2.90. The second-order valence-corrected chi connectivity index (χ2v) is 4.30. The number of nitrogens with zero attached hydrogens (tertiary/aromatic N) is 1. The quantitative estimate of drug-likeness (QED) is 0.565. The van der Waals surface area contributed by atoms with Gasteiger partial charge in [0.25, 0.3) is 0 Å². The number of carbonyl (C=O) groups is 2. The number of carboxylic acids is 1. The van der Waals surface area contributed by atoms with Crippen LogP contribution in [-0.2, 0) is 4.79 Å². The molecule has 2 amide bonds. The van der Waals surface area contributed by atoms with Gasteiger partial charge in [-0.15, -0.1) is 12.3 Å². The number of rotatable bonds is 4. The van der Waals surface area contributed by atoms with Crippen LogP contribution in [0.2, 0.25) is 0 Å². The van der Waals surface area contributed by atoms with Gasteiger partial charge < -0.3 is 15.3 Å². The van der Waals surface area contributed by atoms with E-state index in [0.29, 0.717) is 32.4 Å². The molecule has 0 spiro atoms. The number of hydrogen-bond donors (Lipinski definition) is 2. The average molecular weight is 238 g/mol. The summed E-state index contributed by atoms with van der Waals surface area (Å²) in [7, 11) is 0. The smallest absolute Gasteiger partial charge is 0.317 e. The van der Waals surface area contributed by atoms with Crippen molar-refractivity contribution < 1.29 is 14.7 Å². The van der Waals surface area contributed by atoms with Crippen LogP contribution in [0.4, 0.5) is 4.79 Å². The zero-order chi connectivity index (χ0) is 12.9. The van der Waals surface area contributed by atoms with Crippen LogP contribution in [0.3, 0.4) is 0 Å². The highest BCUT2D eigenvalue weighted by atomic mass is 16.4. The first-order chi connectivity index (χ1) is 8.05. The summed E-state index contributed by atoms with van der Waals surface area (Å²) in [6.07, 6.45) is 6.62. The Morgan fingerprint density at radius 1 is 1.59 bits per heavy atom. The second-order valence-electron chi connectivity index (χ2n) is 4.30. The van der Waals surface area contributed by atoms with Crippen LogP contribution < -0.4 is 5.32 Å². The largest absolute Gasteiger partial charge is 0.481 e. The fourth-order valence-electron chi connectivity index (χ4n) is 2.01. The molecule has 1 fully saturated rings. The van der Waals surface area contributed by atoms with E-state index in [1.807, 2.05) is 6.92 Å². The summed E-state index contributed by atoms with van der Waals surface area (Å²) in [6.45, 7) is 3.04. The molecule has 1 aliphatic rings. The zero-order valence-electron chi connectivity index (χ0n) is 10.0. The molecule has 0 aliphatic carbocycles. The number of urea groups is 1. The molecule has 1 atom stereocenters. The van der Waals surface area contributed by atoms with Gasteiger partial charge in [0.15, 0.2) is 0 Å². The van der Waals surface area contributed by atoms with Gasteiger partial charge in [0, 0.05) is 26.1 Å². The SMILES string of the molecule is C#CCCNC(=O)N1CCC(CC)(C(=O)O)C1. The monoisotopic (exact) mass is 238 g/mol.